The summed E-state index contributed by atoms with van der Waals surface area (Å²) in [6, 6.07) is 13.0. The van der Waals surface area contributed by atoms with Crippen molar-refractivity contribution >= 4 is 29.5 Å². The molecule has 116 valence electrons. The molecule has 2 aliphatic heterocycles. The van der Waals surface area contributed by atoms with E-state index in [1.165, 1.54) is 21.9 Å². The SMILES string of the molecule is C1=Cc2cccc3cccc(c23)C1.C1=NCCN1N1C=NCC1. The van der Waals surface area contributed by atoms with E-state index in [0.717, 1.165) is 32.6 Å². The average Bonchev–Trinajstić information content (AvgIpc) is 3.30. The van der Waals surface area contributed by atoms with Gasteiger partial charge in [-0.2, -0.15) is 0 Å². The molecule has 0 spiro atoms. The summed E-state index contributed by atoms with van der Waals surface area (Å²) in [6.07, 6.45) is 9.27. The zero-order chi connectivity index (χ0) is 15.5. The number of benzene rings is 2. The van der Waals surface area contributed by atoms with Crippen molar-refractivity contribution in [3.05, 3.63) is 53.6 Å². The lowest BCUT2D eigenvalue weighted by molar-refractivity contribution is 0.176. The summed E-state index contributed by atoms with van der Waals surface area (Å²) in [7, 11) is 0. The molecule has 0 N–H and O–H groups in total. The van der Waals surface area contributed by atoms with Crippen LogP contribution in [0.15, 0.2) is 52.5 Å². The van der Waals surface area contributed by atoms with Crippen molar-refractivity contribution in [3.8, 4) is 0 Å². The van der Waals surface area contributed by atoms with Crippen LogP contribution in [-0.2, 0) is 6.42 Å². The molecule has 4 nitrogen and oxygen atoms in total. The summed E-state index contributed by atoms with van der Waals surface area (Å²) in [5.41, 5.74) is 2.81. The number of allylic oxidation sites excluding steroid dienone is 1. The van der Waals surface area contributed by atoms with Gasteiger partial charge in [0.15, 0.2) is 0 Å². The number of hydrazine groups is 1. The standard InChI is InChI=1S/C13H10.C6H10N4/c1-4-10-6-2-8-12-9-3-7-11(5-1)13(10)12;1-3-9(5-7-1)10-4-2-8-6-10/h1-8H,9H2;5-6H,1-4H2. The number of aliphatic imine (C=N–C) groups is 2. The first kappa shape index (κ1) is 14.0. The molecule has 0 amide bonds. The molecule has 0 bridgehead atoms. The van der Waals surface area contributed by atoms with Gasteiger partial charge in [-0.15, -0.1) is 0 Å². The lowest BCUT2D eigenvalue weighted by Gasteiger charge is -2.24. The lowest BCUT2D eigenvalue weighted by atomic mass is 9.93. The zero-order valence-electron chi connectivity index (χ0n) is 13.1. The molecule has 23 heavy (non-hydrogen) atoms. The van der Waals surface area contributed by atoms with E-state index in [2.05, 4.69) is 68.6 Å². The molecule has 5 rings (SSSR count). The molecular formula is C19H20N4. The Bertz CT molecular complexity index is 766. The normalized spacial score (nSPS) is 17.7. The zero-order valence-corrected chi connectivity index (χ0v) is 13.1. The Morgan fingerprint density at radius 2 is 1.52 bits per heavy atom. The Hall–Kier alpha value is -2.62. The van der Waals surface area contributed by atoms with Crippen molar-refractivity contribution < 1.29 is 0 Å². The molecule has 0 saturated carbocycles. The molecule has 3 aliphatic rings. The van der Waals surface area contributed by atoms with Crippen molar-refractivity contribution in [2.24, 2.45) is 9.98 Å². The van der Waals surface area contributed by atoms with Gasteiger partial charge in [-0.1, -0.05) is 48.6 Å². The highest BCUT2D eigenvalue weighted by Gasteiger charge is 2.14. The summed E-state index contributed by atoms with van der Waals surface area (Å²) in [5.74, 6) is 0. The first-order valence-corrected chi connectivity index (χ1v) is 8.12. The molecule has 2 heterocycles. The second-order valence-electron chi connectivity index (χ2n) is 5.84. The van der Waals surface area contributed by atoms with Crippen molar-refractivity contribution in [1.29, 1.82) is 0 Å². The Labute approximate surface area is 136 Å². The predicted octanol–water partition coefficient (Wildman–Crippen LogP) is 3.00. The largest absolute Gasteiger partial charge is 0.272 e. The summed E-state index contributed by atoms with van der Waals surface area (Å²) in [6.45, 7) is 3.85. The molecule has 0 saturated heterocycles. The van der Waals surface area contributed by atoms with E-state index < -0.39 is 0 Å². The summed E-state index contributed by atoms with van der Waals surface area (Å²) in [4.78, 5) is 8.21. The third-order valence-corrected chi connectivity index (χ3v) is 4.33. The summed E-state index contributed by atoms with van der Waals surface area (Å²) >= 11 is 0. The third-order valence-electron chi connectivity index (χ3n) is 4.33. The van der Waals surface area contributed by atoms with Gasteiger partial charge in [-0.3, -0.25) is 20.0 Å². The van der Waals surface area contributed by atoms with Gasteiger partial charge < -0.3 is 0 Å². The highest BCUT2D eigenvalue weighted by Crippen LogP contribution is 2.27. The van der Waals surface area contributed by atoms with Gasteiger partial charge in [-0.05, 0) is 28.3 Å². The molecule has 4 heteroatoms. The van der Waals surface area contributed by atoms with Crippen LogP contribution in [0.5, 0.6) is 0 Å². The van der Waals surface area contributed by atoms with Crippen LogP contribution in [0.25, 0.3) is 16.8 Å². The van der Waals surface area contributed by atoms with Gasteiger partial charge in [0.2, 0.25) is 0 Å². The molecule has 2 aromatic rings. The molecule has 1 aliphatic carbocycles. The minimum Gasteiger partial charge on any atom is -0.272 e. The molecule has 0 radical (unpaired) electrons. The fourth-order valence-corrected chi connectivity index (χ4v) is 3.20. The second-order valence-corrected chi connectivity index (χ2v) is 5.84. The van der Waals surface area contributed by atoms with Crippen LogP contribution < -0.4 is 0 Å². The monoisotopic (exact) mass is 304 g/mol. The minimum absolute atomic E-state index is 0.921. The number of nitrogens with zero attached hydrogens (tertiary/aromatic N) is 4. The van der Waals surface area contributed by atoms with E-state index >= 15 is 0 Å². The maximum absolute atomic E-state index is 4.11. The summed E-state index contributed by atoms with van der Waals surface area (Å²) in [5, 5.41) is 6.99. The Balaban J connectivity index is 0.000000122. The molecule has 0 aromatic heterocycles. The number of rotatable bonds is 1. The Kier molecular flexibility index (Phi) is 3.80. The predicted molar refractivity (Wildman–Crippen MR) is 96.8 cm³/mol. The fraction of sp³-hybridized carbons (Fsp3) is 0.263. The van der Waals surface area contributed by atoms with E-state index in [4.69, 9.17) is 0 Å². The van der Waals surface area contributed by atoms with Crippen LogP contribution in [0.3, 0.4) is 0 Å². The highest BCUT2D eigenvalue weighted by molar-refractivity contribution is 5.94. The van der Waals surface area contributed by atoms with Crippen molar-refractivity contribution in [2.75, 3.05) is 26.2 Å². The van der Waals surface area contributed by atoms with Crippen LogP contribution in [0, 0.1) is 0 Å². The second kappa shape index (κ2) is 6.24. The first-order chi connectivity index (χ1) is 11.4. The van der Waals surface area contributed by atoms with Gasteiger partial charge >= 0.3 is 0 Å². The molecule has 0 unspecified atom stereocenters. The number of hydrogen-bond acceptors (Lipinski definition) is 4. The van der Waals surface area contributed by atoms with Crippen molar-refractivity contribution in [3.63, 3.8) is 0 Å². The van der Waals surface area contributed by atoms with Crippen LogP contribution in [0.1, 0.15) is 11.1 Å². The van der Waals surface area contributed by atoms with Gasteiger partial charge in [0.25, 0.3) is 0 Å². The van der Waals surface area contributed by atoms with Gasteiger partial charge in [0.05, 0.1) is 26.2 Å². The van der Waals surface area contributed by atoms with Gasteiger partial charge in [-0.25, -0.2) is 0 Å². The minimum atomic E-state index is 0.921. The van der Waals surface area contributed by atoms with E-state index in [-0.39, 0.29) is 0 Å². The number of hydrogen-bond donors (Lipinski definition) is 0. The molecule has 0 atom stereocenters. The van der Waals surface area contributed by atoms with Crippen LogP contribution in [0.2, 0.25) is 0 Å². The fourth-order valence-electron chi connectivity index (χ4n) is 3.20. The topological polar surface area (TPSA) is 31.2 Å². The maximum atomic E-state index is 4.11. The molecular weight excluding hydrogens is 284 g/mol. The van der Waals surface area contributed by atoms with Crippen LogP contribution in [0.4, 0.5) is 0 Å². The van der Waals surface area contributed by atoms with Crippen LogP contribution >= 0.6 is 0 Å². The van der Waals surface area contributed by atoms with E-state index in [1.54, 1.807) is 0 Å². The highest BCUT2D eigenvalue weighted by atomic mass is 15.6. The van der Waals surface area contributed by atoms with Crippen molar-refractivity contribution in [2.45, 2.75) is 6.42 Å². The summed E-state index contributed by atoms with van der Waals surface area (Å²) < 4.78 is 0. The smallest absolute Gasteiger partial charge is 0.104 e. The van der Waals surface area contributed by atoms with E-state index in [1.807, 2.05) is 12.7 Å². The molecule has 2 aromatic carbocycles. The first-order valence-electron chi connectivity index (χ1n) is 8.12. The molecule has 0 fully saturated rings. The lowest BCUT2D eigenvalue weighted by Crippen LogP contribution is -2.38. The third kappa shape index (κ3) is 2.84. The van der Waals surface area contributed by atoms with Crippen molar-refractivity contribution in [1.82, 2.24) is 10.0 Å². The quantitative estimate of drug-likeness (QED) is 0.811. The van der Waals surface area contributed by atoms with Crippen LogP contribution in [-0.4, -0.2) is 48.9 Å². The van der Waals surface area contributed by atoms with E-state index in [9.17, 15) is 0 Å². The van der Waals surface area contributed by atoms with Gasteiger partial charge in [0, 0.05) is 0 Å². The maximum Gasteiger partial charge on any atom is 0.104 e. The average molecular weight is 304 g/mol. The van der Waals surface area contributed by atoms with Gasteiger partial charge in [0.1, 0.15) is 12.7 Å². The Morgan fingerprint density at radius 3 is 2.17 bits per heavy atom. The Morgan fingerprint density at radius 1 is 0.826 bits per heavy atom. The van der Waals surface area contributed by atoms with E-state index in [0.29, 0.717) is 0 Å².